The minimum Gasteiger partial charge on any atom is -0.452 e. The zero-order valence-electron chi connectivity index (χ0n) is 14.6. The summed E-state index contributed by atoms with van der Waals surface area (Å²) in [4.78, 5) is 24.3. The molecule has 1 unspecified atom stereocenters. The summed E-state index contributed by atoms with van der Waals surface area (Å²) in [6.07, 6.45) is 0. The molecule has 0 bridgehead atoms. The summed E-state index contributed by atoms with van der Waals surface area (Å²) in [7, 11) is 0. The highest BCUT2D eigenvalue weighted by Crippen LogP contribution is 2.17. The largest absolute Gasteiger partial charge is 0.452 e. The van der Waals surface area contributed by atoms with E-state index in [-0.39, 0.29) is 18.6 Å². The number of carbonyl (C=O) groups excluding carboxylic acids is 2. The van der Waals surface area contributed by atoms with Gasteiger partial charge < -0.3 is 10.1 Å². The molecule has 0 saturated carbocycles. The second-order valence-corrected chi connectivity index (χ2v) is 6.05. The van der Waals surface area contributed by atoms with Crippen molar-refractivity contribution in [3.8, 4) is 0 Å². The lowest BCUT2D eigenvalue weighted by Crippen LogP contribution is -2.31. The van der Waals surface area contributed by atoms with Crippen molar-refractivity contribution in [2.24, 2.45) is 0 Å². The number of esters is 1. The van der Waals surface area contributed by atoms with Crippen LogP contribution in [0.5, 0.6) is 0 Å². The van der Waals surface area contributed by atoms with Crippen LogP contribution in [0.2, 0.25) is 0 Å². The molecule has 2 rings (SSSR count). The van der Waals surface area contributed by atoms with E-state index in [1.807, 2.05) is 70.2 Å². The first-order chi connectivity index (χ1) is 11.4. The summed E-state index contributed by atoms with van der Waals surface area (Å²) in [6, 6.07) is 13.4. The van der Waals surface area contributed by atoms with Crippen molar-refractivity contribution in [3.05, 3.63) is 70.3 Å². The first-order valence-corrected chi connectivity index (χ1v) is 7.97. The van der Waals surface area contributed by atoms with E-state index in [9.17, 15) is 9.59 Å². The zero-order chi connectivity index (χ0) is 17.7. The molecule has 1 amide bonds. The molecule has 4 heteroatoms. The molecule has 1 N–H and O–H groups in total. The van der Waals surface area contributed by atoms with Gasteiger partial charge in [-0.3, -0.25) is 4.79 Å². The van der Waals surface area contributed by atoms with Crippen LogP contribution < -0.4 is 5.32 Å². The molecule has 0 radical (unpaired) electrons. The summed E-state index contributed by atoms with van der Waals surface area (Å²) in [6.45, 7) is 7.32. The SMILES string of the molecule is Cc1cc(C)c(C(=O)OCC(=O)NC(C)c2ccccc2)c(C)c1. The average molecular weight is 325 g/mol. The van der Waals surface area contributed by atoms with Gasteiger partial charge in [0.1, 0.15) is 0 Å². The maximum atomic E-state index is 12.3. The van der Waals surface area contributed by atoms with Crippen molar-refractivity contribution in [2.45, 2.75) is 33.7 Å². The van der Waals surface area contributed by atoms with Gasteiger partial charge in [0.05, 0.1) is 11.6 Å². The fraction of sp³-hybridized carbons (Fsp3) is 0.300. The Kier molecular flexibility index (Phi) is 5.74. The van der Waals surface area contributed by atoms with E-state index in [1.54, 1.807) is 0 Å². The highest BCUT2D eigenvalue weighted by Gasteiger charge is 2.16. The highest BCUT2D eigenvalue weighted by atomic mass is 16.5. The van der Waals surface area contributed by atoms with Gasteiger partial charge in [-0.2, -0.15) is 0 Å². The molecule has 0 fully saturated rings. The first-order valence-electron chi connectivity index (χ1n) is 7.97. The molecule has 0 heterocycles. The smallest absolute Gasteiger partial charge is 0.339 e. The van der Waals surface area contributed by atoms with E-state index in [1.165, 1.54) is 0 Å². The molecule has 2 aromatic rings. The van der Waals surface area contributed by atoms with Crippen LogP contribution >= 0.6 is 0 Å². The van der Waals surface area contributed by atoms with Gasteiger partial charge in [0.2, 0.25) is 0 Å². The number of hydrogen-bond donors (Lipinski definition) is 1. The molecule has 24 heavy (non-hydrogen) atoms. The fourth-order valence-corrected chi connectivity index (χ4v) is 2.81. The Morgan fingerprint density at radius 2 is 1.62 bits per heavy atom. The van der Waals surface area contributed by atoms with E-state index < -0.39 is 5.97 Å². The van der Waals surface area contributed by atoms with Crippen molar-refractivity contribution >= 4 is 11.9 Å². The molecule has 2 aromatic carbocycles. The monoisotopic (exact) mass is 325 g/mol. The number of amides is 1. The lowest BCUT2D eigenvalue weighted by atomic mass is 10.00. The Morgan fingerprint density at radius 1 is 1.04 bits per heavy atom. The van der Waals surface area contributed by atoms with Crippen LogP contribution in [0.25, 0.3) is 0 Å². The Hall–Kier alpha value is -2.62. The molecular weight excluding hydrogens is 302 g/mol. The van der Waals surface area contributed by atoms with Crippen molar-refractivity contribution < 1.29 is 14.3 Å². The number of carbonyl (C=O) groups is 2. The molecular formula is C20H23NO3. The molecule has 126 valence electrons. The van der Waals surface area contributed by atoms with E-state index in [0.29, 0.717) is 5.56 Å². The number of benzene rings is 2. The van der Waals surface area contributed by atoms with Crippen LogP contribution in [-0.4, -0.2) is 18.5 Å². The molecule has 0 saturated heterocycles. The second-order valence-electron chi connectivity index (χ2n) is 6.05. The van der Waals surface area contributed by atoms with Gasteiger partial charge in [-0.25, -0.2) is 4.79 Å². The van der Waals surface area contributed by atoms with Gasteiger partial charge in [-0.1, -0.05) is 48.0 Å². The van der Waals surface area contributed by atoms with Crippen LogP contribution in [0.3, 0.4) is 0 Å². The van der Waals surface area contributed by atoms with Crippen molar-refractivity contribution in [1.82, 2.24) is 5.32 Å². The second kappa shape index (κ2) is 7.77. The highest BCUT2D eigenvalue weighted by molar-refractivity contribution is 5.94. The molecule has 0 aliphatic carbocycles. The summed E-state index contributed by atoms with van der Waals surface area (Å²) in [5, 5.41) is 2.83. The summed E-state index contributed by atoms with van der Waals surface area (Å²) < 4.78 is 5.18. The third kappa shape index (κ3) is 4.44. The van der Waals surface area contributed by atoms with Gasteiger partial charge in [0.15, 0.2) is 6.61 Å². The minimum atomic E-state index is -0.465. The number of ether oxygens (including phenoxy) is 1. The standard InChI is InChI=1S/C20H23NO3/c1-13-10-14(2)19(15(3)11-13)20(23)24-12-18(22)21-16(4)17-8-6-5-7-9-17/h5-11,16H,12H2,1-4H3,(H,21,22). The predicted octanol–water partition coefficient (Wildman–Crippen LogP) is 3.65. The lowest BCUT2D eigenvalue weighted by molar-refractivity contribution is -0.124. The fourth-order valence-electron chi connectivity index (χ4n) is 2.81. The Morgan fingerprint density at radius 3 is 2.21 bits per heavy atom. The van der Waals surface area contributed by atoms with E-state index in [0.717, 1.165) is 22.3 Å². The summed E-state index contributed by atoms with van der Waals surface area (Å²) in [5.74, 6) is -0.783. The van der Waals surface area contributed by atoms with E-state index >= 15 is 0 Å². The average Bonchev–Trinajstić information content (AvgIpc) is 2.52. The third-order valence-corrected chi connectivity index (χ3v) is 3.89. The molecule has 0 spiro atoms. The Bertz CT molecular complexity index is 715. The Labute approximate surface area is 142 Å². The molecule has 0 aromatic heterocycles. The lowest BCUT2D eigenvalue weighted by Gasteiger charge is -2.15. The maximum Gasteiger partial charge on any atom is 0.339 e. The first kappa shape index (κ1) is 17.7. The number of rotatable bonds is 5. The molecule has 1 atom stereocenters. The van der Waals surface area contributed by atoms with Crippen LogP contribution in [-0.2, 0) is 9.53 Å². The third-order valence-electron chi connectivity index (χ3n) is 3.89. The maximum absolute atomic E-state index is 12.3. The van der Waals surface area contributed by atoms with Gasteiger partial charge in [0.25, 0.3) is 5.91 Å². The van der Waals surface area contributed by atoms with Crippen molar-refractivity contribution in [1.29, 1.82) is 0 Å². The van der Waals surface area contributed by atoms with Crippen molar-refractivity contribution in [3.63, 3.8) is 0 Å². The van der Waals surface area contributed by atoms with Gasteiger partial charge in [-0.05, 0) is 44.4 Å². The molecule has 0 aliphatic heterocycles. The van der Waals surface area contributed by atoms with Gasteiger partial charge >= 0.3 is 5.97 Å². The van der Waals surface area contributed by atoms with E-state index in [4.69, 9.17) is 4.74 Å². The number of aryl methyl sites for hydroxylation is 3. The summed E-state index contributed by atoms with van der Waals surface area (Å²) >= 11 is 0. The minimum absolute atomic E-state index is 0.139. The molecule has 4 nitrogen and oxygen atoms in total. The predicted molar refractivity (Wildman–Crippen MR) is 93.9 cm³/mol. The Balaban J connectivity index is 1.93. The quantitative estimate of drug-likeness (QED) is 0.854. The molecule has 0 aliphatic rings. The van der Waals surface area contributed by atoms with Crippen LogP contribution in [0.4, 0.5) is 0 Å². The van der Waals surface area contributed by atoms with Gasteiger partial charge in [0, 0.05) is 0 Å². The normalized spacial score (nSPS) is 11.7. The summed E-state index contributed by atoms with van der Waals surface area (Å²) in [5.41, 5.74) is 4.34. The van der Waals surface area contributed by atoms with Crippen LogP contribution in [0.15, 0.2) is 42.5 Å². The van der Waals surface area contributed by atoms with Crippen molar-refractivity contribution in [2.75, 3.05) is 6.61 Å². The zero-order valence-corrected chi connectivity index (χ0v) is 14.6. The van der Waals surface area contributed by atoms with Crippen LogP contribution in [0, 0.1) is 20.8 Å². The van der Waals surface area contributed by atoms with E-state index in [2.05, 4.69) is 5.32 Å². The number of hydrogen-bond acceptors (Lipinski definition) is 3. The number of nitrogens with one attached hydrogen (secondary N) is 1. The topological polar surface area (TPSA) is 55.4 Å². The van der Waals surface area contributed by atoms with Crippen LogP contribution in [0.1, 0.15) is 45.6 Å². The van der Waals surface area contributed by atoms with Gasteiger partial charge in [-0.15, -0.1) is 0 Å².